The van der Waals surface area contributed by atoms with Crippen molar-refractivity contribution in [3.05, 3.63) is 17.5 Å². The first kappa shape index (κ1) is 11.3. The third kappa shape index (κ3) is 1.73. The van der Waals surface area contributed by atoms with Crippen LogP contribution in [0.2, 0.25) is 0 Å². The molecule has 3 rings (SSSR count). The Morgan fingerprint density at radius 1 is 1.35 bits per heavy atom. The van der Waals surface area contributed by atoms with Crippen LogP contribution in [0.4, 0.5) is 0 Å². The number of hydrogen-bond acceptors (Lipinski definition) is 1. The van der Waals surface area contributed by atoms with Gasteiger partial charge in [-0.05, 0) is 50.5 Å². The van der Waals surface area contributed by atoms with Gasteiger partial charge in [0.1, 0.15) is 0 Å². The van der Waals surface area contributed by atoms with Gasteiger partial charge in [0.05, 0.1) is 5.69 Å². The maximum atomic E-state index is 4.80. The molecule has 0 radical (unpaired) electrons. The van der Waals surface area contributed by atoms with E-state index in [1.165, 1.54) is 31.4 Å². The van der Waals surface area contributed by atoms with Crippen LogP contribution in [-0.2, 0) is 6.42 Å². The van der Waals surface area contributed by atoms with Crippen molar-refractivity contribution >= 4 is 0 Å². The highest BCUT2D eigenvalue weighted by Crippen LogP contribution is 2.63. The molecule has 0 aromatic carbocycles. The molecule has 3 atom stereocenters. The molecule has 0 amide bonds. The first-order valence-electron chi connectivity index (χ1n) is 7.34. The fraction of sp³-hybridized carbons (Fsp3) is 0.800. The minimum atomic E-state index is 0.562. The van der Waals surface area contributed by atoms with Gasteiger partial charge in [-0.1, -0.05) is 20.3 Å². The fourth-order valence-corrected chi connectivity index (χ4v) is 3.67. The van der Waals surface area contributed by atoms with Crippen LogP contribution in [0, 0.1) is 11.8 Å². The normalized spacial score (nSPS) is 32.5. The standard InChI is InChI=1S/C15H24N2/c1-4-10(3)17-14(9-11(5-2)16-17)15-12-7-6-8-13(12)15/h9-10,12-13,15H,4-8H2,1-3H3. The van der Waals surface area contributed by atoms with E-state index in [-0.39, 0.29) is 0 Å². The van der Waals surface area contributed by atoms with Crippen LogP contribution in [0.3, 0.4) is 0 Å². The molecule has 0 N–H and O–H groups in total. The summed E-state index contributed by atoms with van der Waals surface area (Å²) in [6, 6.07) is 2.95. The first-order valence-corrected chi connectivity index (χ1v) is 7.34. The highest BCUT2D eigenvalue weighted by molar-refractivity contribution is 5.26. The summed E-state index contributed by atoms with van der Waals surface area (Å²) < 4.78 is 2.34. The van der Waals surface area contributed by atoms with Gasteiger partial charge in [0.2, 0.25) is 0 Å². The van der Waals surface area contributed by atoms with E-state index in [4.69, 9.17) is 5.10 Å². The molecule has 0 saturated heterocycles. The maximum Gasteiger partial charge on any atom is 0.0625 e. The summed E-state index contributed by atoms with van der Waals surface area (Å²) in [6.45, 7) is 6.77. The molecule has 3 unspecified atom stereocenters. The van der Waals surface area contributed by atoms with Crippen LogP contribution in [0.15, 0.2) is 6.07 Å². The quantitative estimate of drug-likeness (QED) is 0.769. The van der Waals surface area contributed by atoms with E-state index in [2.05, 4.69) is 31.5 Å². The smallest absolute Gasteiger partial charge is 0.0625 e. The Labute approximate surface area is 104 Å². The minimum absolute atomic E-state index is 0.562. The summed E-state index contributed by atoms with van der Waals surface area (Å²) in [5.74, 6) is 2.85. The van der Waals surface area contributed by atoms with Crippen molar-refractivity contribution in [1.29, 1.82) is 0 Å². The molecule has 2 heteroatoms. The zero-order chi connectivity index (χ0) is 12.0. The zero-order valence-corrected chi connectivity index (χ0v) is 11.3. The van der Waals surface area contributed by atoms with Gasteiger partial charge in [-0.15, -0.1) is 0 Å². The van der Waals surface area contributed by atoms with Crippen LogP contribution >= 0.6 is 0 Å². The molecule has 1 heterocycles. The van der Waals surface area contributed by atoms with Crippen molar-refractivity contribution in [3.8, 4) is 0 Å². The second-order valence-electron chi connectivity index (χ2n) is 5.90. The molecule has 1 aromatic heterocycles. The lowest BCUT2D eigenvalue weighted by Crippen LogP contribution is -2.10. The molecule has 2 fully saturated rings. The van der Waals surface area contributed by atoms with E-state index in [0.29, 0.717) is 6.04 Å². The third-order valence-corrected chi connectivity index (χ3v) is 4.93. The van der Waals surface area contributed by atoms with Gasteiger partial charge in [-0.25, -0.2) is 0 Å². The average molecular weight is 232 g/mol. The molecule has 2 aliphatic rings. The van der Waals surface area contributed by atoms with E-state index in [1.54, 1.807) is 5.69 Å². The van der Waals surface area contributed by atoms with Gasteiger partial charge >= 0.3 is 0 Å². The third-order valence-electron chi connectivity index (χ3n) is 4.93. The molecule has 0 aliphatic heterocycles. The molecule has 2 aliphatic carbocycles. The Morgan fingerprint density at radius 2 is 2.06 bits per heavy atom. The number of hydrogen-bond donors (Lipinski definition) is 0. The molecular weight excluding hydrogens is 208 g/mol. The summed E-state index contributed by atoms with van der Waals surface area (Å²) in [7, 11) is 0. The molecule has 17 heavy (non-hydrogen) atoms. The van der Waals surface area contributed by atoms with Gasteiger partial charge < -0.3 is 0 Å². The molecular formula is C15H24N2. The summed E-state index contributed by atoms with van der Waals surface area (Å²) >= 11 is 0. The monoisotopic (exact) mass is 232 g/mol. The largest absolute Gasteiger partial charge is 0.266 e. The number of aryl methyl sites for hydroxylation is 1. The van der Waals surface area contributed by atoms with Gasteiger partial charge in [0.25, 0.3) is 0 Å². The van der Waals surface area contributed by atoms with Crippen molar-refractivity contribution in [1.82, 2.24) is 9.78 Å². The van der Waals surface area contributed by atoms with Crippen molar-refractivity contribution in [2.45, 2.75) is 64.8 Å². The van der Waals surface area contributed by atoms with Crippen molar-refractivity contribution in [2.75, 3.05) is 0 Å². The summed E-state index contributed by atoms with van der Waals surface area (Å²) in [6.07, 6.45) is 6.63. The Kier molecular flexibility index (Phi) is 2.76. The predicted molar refractivity (Wildman–Crippen MR) is 70.2 cm³/mol. The molecule has 0 bridgehead atoms. The highest BCUT2D eigenvalue weighted by Gasteiger charge is 2.54. The van der Waals surface area contributed by atoms with Gasteiger partial charge in [-0.2, -0.15) is 5.10 Å². The van der Waals surface area contributed by atoms with Crippen molar-refractivity contribution in [3.63, 3.8) is 0 Å². The maximum absolute atomic E-state index is 4.80. The van der Waals surface area contributed by atoms with Gasteiger partial charge in [0.15, 0.2) is 0 Å². The Balaban J connectivity index is 1.89. The van der Waals surface area contributed by atoms with Gasteiger partial charge in [0, 0.05) is 17.7 Å². The number of rotatable bonds is 4. The lowest BCUT2D eigenvalue weighted by atomic mass is 10.1. The topological polar surface area (TPSA) is 17.8 Å². The molecule has 1 aromatic rings. The second kappa shape index (κ2) is 4.15. The Hall–Kier alpha value is -0.790. The second-order valence-corrected chi connectivity index (χ2v) is 5.90. The average Bonchev–Trinajstić information content (AvgIpc) is 2.77. The van der Waals surface area contributed by atoms with E-state index in [1.807, 2.05) is 0 Å². The summed E-state index contributed by atoms with van der Waals surface area (Å²) in [5, 5.41) is 4.80. The lowest BCUT2D eigenvalue weighted by Gasteiger charge is -2.14. The van der Waals surface area contributed by atoms with Crippen LogP contribution in [0.25, 0.3) is 0 Å². The minimum Gasteiger partial charge on any atom is -0.266 e. The van der Waals surface area contributed by atoms with E-state index in [9.17, 15) is 0 Å². The Morgan fingerprint density at radius 3 is 2.65 bits per heavy atom. The van der Waals surface area contributed by atoms with Crippen LogP contribution in [0.5, 0.6) is 0 Å². The SMILES string of the molecule is CCc1cc(C2C3CCCC32)n(C(C)CC)n1. The zero-order valence-electron chi connectivity index (χ0n) is 11.3. The van der Waals surface area contributed by atoms with E-state index < -0.39 is 0 Å². The number of aromatic nitrogens is 2. The summed E-state index contributed by atoms with van der Waals surface area (Å²) in [5.41, 5.74) is 2.83. The first-order chi connectivity index (χ1) is 8.26. The lowest BCUT2D eigenvalue weighted by molar-refractivity contribution is 0.449. The predicted octanol–water partition coefficient (Wildman–Crippen LogP) is 3.93. The van der Waals surface area contributed by atoms with E-state index in [0.717, 1.165) is 24.2 Å². The summed E-state index contributed by atoms with van der Waals surface area (Å²) in [4.78, 5) is 0. The molecule has 2 nitrogen and oxygen atoms in total. The van der Waals surface area contributed by atoms with Gasteiger partial charge in [-0.3, -0.25) is 4.68 Å². The van der Waals surface area contributed by atoms with E-state index >= 15 is 0 Å². The number of fused-ring (bicyclic) bond motifs is 1. The Bertz CT molecular complexity index is 397. The van der Waals surface area contributed by atoms with Crippen LogP contribution < -0.4 is 0 Å². The van der Waals surface area contributed by atoms with Crippen molar-refractivity contribution < 1.29 is 0 Å². The molecule has 94 valence electrons. The van der Waals surface area contributed by atoms with Crippen LogP contribution in [-0.4, -0.2) is 9.78 Å². The molecule has 0 spiro atoms. The molecule has 2 saturated carbocycles. The number of nitrogens with zero attached hydrogens (tertiary/aromatic N) is 2. The highest BCUT2D eigenvalue weighted by atomic mass is 15.3. The van der Waals surface area contributed by atoms with Crippen LogP contribution in [0.1, 0.15) is 69.8 Å². The fourth-order valence-electron chi connectivity index (χ4n) is 3.67. The van der Waals surface area contributed by atoms with Crippen molar-refractivity contribution in [2.24, 2.45) is 11.8 Å².